The number of hydrogen-bond acceptors (Lipinski definition) is 1. The lowest BCUT2D eigenvalue weighted by Crippen LogP contribution is -2.37. The Bertz CT molecular complexity index is 427. The molecule has 1 aromatic carbocycles. The smallest absolute Gasteiger partial charge is 0.00684 e. The van der Waals surface area contributed by atoms with Crippen molar-refractivity contribution in [1.82, 2.24) is 5.32 Å². The van der Waals surface area contributed by atoms with Gasteiger partial charge < -0.3 is 5.32 Å². The molecule has 0 bridgehead atoms. The molecule has 0 saturated heterocycles. The molecular formula is C20H33N. The van der Waals surface area contributed by atoms with Crippen molar-refractivity contribution in [2.45, 2.75) is 78.7 Å². The van der Waals surface area contributed by atoms with E-state index in [1.54, 1.807) is 5.56 Å². The lowest BCUT2D eigenvalue weighted by Gasteiger charge is -2.35. The van der Waals surface area contributed by atoms with Crippen LogP contribution in [0.3, 0.4) is 0 Å². The first-order valence-electron chi connectivity index (χ1n) is 8.88. The summed E-state index contributed by atoms with van der Waals surface area (Å²) in [6, 6.07) is 7.56. The van der Waals surface area contributed by atoms with Gasteiger partial charge in [-0.2, -0.15) is 0 Å². The van der Waals surface area contributed by atoms with Crippen LogP contribution in [0.1, 0.15) is 69.1 Å². The maximum absolute atomic E-state index is 3.82. The van der Waals surface area contributed by atoms with Gasteiger partial charge >= 0.3 is 0 Å². The molecule has 1 saturated carbocycles. The molecule has 0 spiro atoms. The summed E-state index contributed by atoms with van der Waals surface area (Å²) in [6.45, 7) is 10.4. The molecule has 1 fully saturated rings. The van der Waals surface area contributed by atoms with Gasteiger partial charge in [0.25, 0.3) is 0 Å². The largest absolute Gasteiger partial charge is 0.313 e. The highest BCUT2D eigenvalue weighted by Crippen LogP contribution is 2.35. The molecule has 1 heteroatoms. The third-order valence-corrected chi connectivity index (χ3v) is 5.35. The molecule has 0 radical (unpaired) electrons. The van der Waals surface area contributed by atoms with E-state index >= 15 is 0 Å². The van der Waals surface area contributed by atoms with Crippen molar-refractivity contribution < 1.29 is 0 Å². The standard InChI is InChI=1S/C20H33N/c1-5-7-13-20(6-2,15-21-18-11-12-18)14-19-16(3)9-8-10-17(19)4/h8-10,18,21H,5-7,11-15H2,1-4H3. The number of rotatable bonds is 9. The molecule has 1 aliphatic carbocycles. The summed E-state index contributed by atoms with van der Waals surface area (Å²) in [6.07, 6.45) is 9.30. The molecule has 1 aliphatic rings. The van der Waals surface area contributed by atoms with Gasteiger partial charge in [0.05, 0.1) is 0 Å². The predicted molar refractivity (Wildman–Crippen MR) is 92.9 cm³/mol. The summed E-state index contributed by atoms with van der Waals surface area (Å²) in [5.41, 5.74) is 4.97. The molecule has 1 unspecified atom stereocenters. The highest BCUT2D eigenvalue weighted by atomic mass is 15.0. The van der Waals surface area contributed by atoms with E-state index in [0.717, 1.165) is 6.04 Å². The van der Waals surface area contributed by atoms with Crippen LogP contribution in [0.2, 0.25) is 0 Å². The minimum atomic E-state index is 0.440. The summed E-state index contributed by atoms with van der Waals surface area (Å²) < 4.78 is 0. The Hall–Kier alpha value is -0.820. The maximum Gasteiger partial charge on any atom is 0.00684 e. The summed E-state index contributed by atoms with van der Waals surface area (Å²) in [5.74, 6) is 0. The minimum absolute atomic E-state index is 0.440. The zero-order valence-electron chi connectivity index (χ0n) is 14.5. The number of unbranched alkanes of at least 4 members (excludes halogenated alkanes) is 1. The van der Waals surface area contributed by atoms with Gasteiger partial charge in [-0.1, -0.05) is 44.9 Å². The average molecular weight is 287 g/mol. The van der Waals surface area contributed by atoms with E-state index in [1.165, 1.54) is 62.6 Å². The van der Waals surface area contributed by atoms with Crippen molar-refractivity contribution in [2.24, 2.45) is 5.41 Å². The molecule has 2 rings (SSSR count). The molecular weight excluding hydrogens is 254 g/mol. The van der Waals surface area contributed by atoms with Gasteiger partial charge in [-0.15, -0.1) is 0 Å². The topological polar surface area (TPSA) is 12.0 Å². The van der Waals surface area contributed by atoms with Crippen LogP contribution in [0.25, 0.3) is 0 Å². The monoisotopic (exact) mass is 287 g/mol. The third kappa shape index (κ3) is 4.57. The Kier molecular flexibility index (Phi) is 5.87. The summed E-state index contributed by atoms with van der Waals surface area (Å²) >= 11 is 0. The molecule has 0 aromatic heterocycles. The summed E-state index contributed by atoms with van der Waals surface area (Å²) in [5, 5.41) is 3.82. The maximum atomic E-state index is 3.82. The van der Waals surface area contributed by atoms with Crippen LogP contribution in [0.15, 0.2) is 18.2 Å². The molecule has 0 aliphatic heterocycles. The molecule has 1 N–H and O–H groups in total. The van der Waals surface area contributed by atoms with Gasteiger partial charge in [-0.3, -0.25) is 0 Å². The fourth-order valence-electron chi connectivity index (χ4n) is 3.37. The molecule has 1 nitrogen and oxygen atoms in total. The van der Waals surface area contributed by atoms with Gasteiger partial charge in [0.2, 0.25) is 0 Å². The number of hydrogen-bond donors (Lipinski definition) is 1. The van der Waals surface area contributed by atoms with E-state index in [9.17, 15) is 0 Å². The van der Waals surface area contributed by atoms with Crippen molar-refractivity contribution in [3.63, 3.8) is 0 Å². The number of benzene rings is 1. The highest BCUT2D eigenvalue weighted by molar-refractivity contribution is 5.34. The van der Waals surface area contributed by atoms with Crippen molar-refractivity contribution in [1.29, 1.82) is 0 Å². The first kappa shape index (κ1) is 16.5. The van der Waals surface area contributed by atoms with Crippen LogP contribution in [-0.2, 0) is 6.42 Å². The second-order valence-corrected chi connectivity index (χ2v) is 7.16. The normalized spacial score (nSPS) is 17.7. The van der Waals surface area contributed by atoms with Gasteiger partial charge in [-0.25, -0.2) is 0 Å². The van der Waals surface area contributed by atoms with Crippen LogP contribution in [0.4, 0.5) is 0 Å². The predicted octanol–water partition coefficient (Wildman–Crippen LogP) is 5.18. The lowest BCUT2D eigenvalue weighted by atomic mass is 9.73. The van der Waals surface area contributed by atoms with Crippen LogP contribution in [0.5, 0.6) is 0 Å². The van der Waals surface area contributed by atoms with Crippen molar-refractivity contribution >= 4 is 0 Å². The van der Waals surface area contributed by atoms with Crippen LogP contribution >= 0.6 is 0 Å². The Morgan fingerprint density at radius 1 is 1.14 bits per heavy atom. The van der Waals surface area contributed by atoms with Gasteiger partial charge in [0, 0.05) is 12.6 Å². The van der Waals surface area contributed by atoms with Gasteiger partial charge in [-0.05, 0) is 68.1 Å². The Balaban J connectivity index is 2.15. The van der Waals surface area contributed by atoms with E-state index in [2.05, 4.69) is 51.2 Å². The average Bonchev–Trinajstić information content (AvgIpc) is 3.30. The van der Waals surface area contributed by atoms with Crippen LogP contribution < -0.4 is 5.32 Å². The van der Waals surface area contributed by atoms with E-state index < -0.39 is 0 Å². The Morgan fingerprint density at radius 3 is 2.33 bits per heavy atom. The lowest BCUT2D eigenvalue weighted by molar-refractivity contribution is 0.227. The number of aryl methyl sites for hydroxylation is 2. The van der Waals surface area contributed by atoms with Crippen molar-refractivity contribution in [3.8, 4) is 0 Å². The zero-order valence-corrected chi connectivity index (χ0v) is 14.5. The fraction of sp³-hybridized carbons (Fsp3) is 0.700. The molecule has 0 heterocycles. The first-order chi connectivity index (χ1) is 10.1. The Labute approximate surface area is 131 Å². The zero-order chi connectivity index (χ0) is 15.3. The number of nitrogens with one attached hydrogen (secondary N) is 1. The fourth-order valence-corrected chi connectivity index (χ4v) is 3.37. The molecule has 0 amide bonds. The molecule has 1 atom stereocenters. The van der Waals surface area contributed by atoms with E-state index in [-0.39, 0.29) is 0 Å². The van der Waals surface area contributed by atoms with Crippen LogP contribution in [0, 0.1) is 19.3 Å². The van der Waals surface area contributed by atoms with E-state index in [4.69, 9.17) is 0 Å². The SMILES string of the molecule is CCCCC(CC)(CNC1CC1)Cc1c(C)cccc1C. The molecule has 1 aromatic rings. The third-order valence-electron chi connectivity index (χ3n) is 5.35. The second kappa shape index (κ2) is 7.45. The highest BCUT2D eigenvalue weighted by Gasteiger charge is 2.31. The summed E-state index contributed by atoms with van der Waals surface area (Å²) in [4.78, 5) is 0. The van der Waals surface area contributed by atoms with Gasteiger partial charge in [0.1, 0.15) is 0 Å². The van der Waals surface area contributed by atoms with E-state index in [1.807, 2.05) is 0 Å². The summed E-state index contributed by atoms with van der Waals surface area (Å²) in [7, 11) is 0. The van der Waals surface area contributed by atoms with Crippen molar-refractivity contribution in [2.75, 3.05) is 6.54 Å². The van der Waals surface area contributed by atoms with Gasteiger partial charge in [0.15, 0.2) is 0 Å². The van der Waals surface area contributed by atoms with Crippen molar-refractivity contribution in [3.05, 3.63) is 34.9 Å². The quantitative estimate of drug-likeness (QED) is 0.659. The van der Waals surface area contributed by atoms with E-state index in [0.29, 0.717) is 5.41 Å². The second-order valence-electron chi connectivity index (χ2n) is 7.16. The van der Waals surface area contributed by atoms with Crippen LogP contribution in [-0.4, -0.2) is 12.6 Å². The molecule has 21 heavy (non-hydrogen) atoms. The first-order valence-corrected chi connectivity index (χ1v) is 8.88. The molecule has 118 valence electrons. The minimum Gasteiger partial charge on any atom is -0.313 e. The Morgan fingerprint density at radius 2 is 1.81 bits per heavy atom.